The van der Waals surface area contributed by atoms with Crippen LogP contribution in [0.3, 0.4) is 0 Å². The van der Waals surface area contributed by atoms with Crippen LogP contribution in [0, 0.1) is 0 Å². The number of fused-ring (bicyclic) bond motifs is 1. The number of rotatable bonds is 3. The molecular weight excluding hydrogens is 278 g/mol. The molecule has 110 valence electrons. The zero-order valence-corrected chi connectivity index (χ0v) is 12.4. The van der Waals surface area contributed by atoms with Crippen molar-refractivity contribution in [3.05, 3.63) is 29.8 Å². The van der Waals surface area contributed by atoms with Gasteiger partial charge in [-0.15, -0.1) is 0 Å². The van der Waals surface area contributed by atoms with E-state index < -0.39 is 10.2 Å². The average Bonchev–Trinajstić information content (AvgIpc) is 2.56. The van der Waals surface area contributed by atoms with Crippen LogP contribution >= 0.6 is 0 Å². The van der Waals surface area contributed by atoms with Gasteiger partial charge in [0.15, 0.2) is 0 Å². The van der Waals surface area contributed by atoms with E-state index in [1.165, 1.54) is 4.31 Å². The molecular formula is C13H19N3O3S. The fourth-order valence-electron chi connectivity index (χ4n) is 2.30. The van der Waals surface area contributed by atoms with Gasteiger partial charge in [-0.05, 0) is 32.8 Å². The molecule has 6 nitrogen and oxygen atoms in total. The van der Waals surface area contributed by atoms with E-state index >= 15 is 0 Å². The first-order chi connectivity index (χ1) is 9.45. The van der Waals surface area contributed by atoms with Crippen LogP contribution in [0.15, 0.2) is 29.4 Å². The summed E-state index contributed by atoms with van der Waals surface area (Å²) in [6, 6.07) is 6.90. The molecule has 0 aromatic heterocycles. The second-order valence-corrected chi connectivity index (χ2v) is 6.64. The van der Waals surface area contributed by atoms with Crippen molar-refractivity contribution in [2.75, 3.05) is 10.8 Å². The van der Waals surface area contributed by atoms with Gasteiger partial charge in [-0.2, -0.15) is 13.1 Å². The molecule has 7 heteroatoms. The van der Waals surface area contributed by atoms with E-state index in [1.54, 1.807) is 38.1 Å². The summed E-state index contributed by atoms with van der Waals surface area (Å²) in [4.78, 5) is 0. The smallest absolute Gasteiger partial charge is 0.301 e. The number of hydrogen-bond acceptors (Lipinski definition) is 4. The minimum atomic E-state index is -3.60. The van der Waals surface area contributed by atoms with Gasteiger partial charge in [0.2, 0.25) is 0 Å². The third-order valence-electron chi connectivity index (χ3n) is 3.05. The van der Waals surface area contributed by atoms with E-state index in [9.17, 15) is 8.42 Å². The van der Waals surface area contributed by atoms with Crippen molar-refractivity contribution in [3.8, 4) is 0 Å². The normalized spacial score (nSPS) is 18.1. The molecule has 1 aromatic rings. The van der Waals surface area contributed by atoms with Crippen LogP contribution in [0.25, 0.3) is 0 Å². The summed E-state index contributed by atoms with van der Waals surface area (Å²) in [7, 11) is -3.60. The predicted molar refractivity (Wildman–Crippen MR) is 78.5 cm³/mol. The molecule has 0 amide bonds. The zero-order chi connectivity index (χ0) is 14.8. The molecule has 1 aliphatic rings. The van der Waals surface area contributed by atoms with Crippen molar-refractivity contribution < 1.29 is 13.6 Å². The van der Waals surface area contributed by atoms with Gasteiger partial charge in [0.1, 0.15) is 0 Å². The van der Waals surface area contributed by atoms with Gasteiger partial charge < -0.3 is 5.21 Å². The third kappa shape index (κ3) is 2.94. The van der Waals surface area contributed by atoms with Crippen LogP contribution in [0.5, 0.6) is 0 Å². The molecule has 0 saturated heterocycles. The van der Waals surface area contributed by atoms with E-state index in [0.717, 1.165) is 0 Å². The largest absolute Gasteiger partial charge is 0.411 e. The van der Waals surface area contributed by atoms with Crippen LogP contribution in [0.2, 0.25) is 0 Å². The Balaban J connectivity index is 2.50. The van der Waals surface area contributed by atoms with Crippen LogP contribution in [-0.4, -0.2) is 31.9 Å². The Hall–Kier alpha value is -1.60. The highest BCUT2D eigenvalue weighted by Crippen LogP contribution is 2.28. The first-order valence-electron chi connectivity index (χ1n) is 6.56. The summed E-state index contributed by atoms with van der Waals surface area (Å²) in [5.41, 5.74) is 1.72. The predicted octanol–water partition coefficient (Wildman–Crippen LogP) is 1.71. The maximum absolute atomic E-state index is 12.4. The van der Waals surface area contributed by atoms with Gasteiger partial charge in [-0.25, -0.2) is 0 Å². The Labute approximate surface area is 119 Å². The molecule has 0 saturated carbocycles. The highest BCUT2D eigenvalue weighted by atomic mass is 32.2. The summed E-state index contributed by atoms with van der Waals surface area (Å²) >= 11 is 0. The van der Waals surface area contributed by atoms with Gasteiger partial charge in [0.05, 0.1) is 11.4 Å². The van der Waals surface area contributed by atoms with E-state index in [2.05, 4.69) is 9.88 Å². The zero-order valence-electron chi connectivity index (χ0n) is 11.6. The topological polar surface area (TPSA) is 82.0 Å². The fourth-order valence-corrected chi connectivity index (χ4v) is 3.81. The van der Waals surface area contributed by atoms with Crippen LogP contribution in [0.4, 0.5) is 5.69 Å². The molecule has 20 heavy (non-hydrogen) atoms. The molecule has 2 rings (SSSR count). The van der Waals surface area contributed by atoms with Crippen molar-refractivity contribution in [1.82, 2.24) is 4.72 Å². The monoisotopic (exact) mass is 297 g/mol. The van der Waals surface area contributed by atoms with Crippen molar-refractivity contribution >= 4 is 21.6 Å². The Morgan fingerprint density at radius 1 is 1.35 bits per heavy atom. The fraction of sp³-hybridized carbons (Fsp3) is 0.462. The summed E-state index contributed by atoms with van der Waals surface area (Å²) in [6.45, 7) is 3.92. The Morgan fingerprint density at radius 2 is 2.05 bits per heavy atom. The van der Waals surface area contributed by atoms with Gasteiger partial charge in [0, 0.05) is 18.2 Å². The van der Waals surface area contributed by atoms with Gasteiger partial charge in [-0.3, -0.25) is 4.31 Å². The summed E-state index contributed by atoms with van der Waals surface area (Å²) < 4.78 is 28.8. The second-order valence-electron chi connectivity index (χ2n) is 5.02. The molecule has 0 atom stereocenters. The molecule has 0 aliphatic carbocycles. The Kier molecular flexibility index (Phi) is 4.29. The Bertz CT molecular complexity index is 611. The minimum absolute atomic E-state index is 0.179. The quantitative estimate of drug-likeness (QED) is 0.658. The molecule has 1 aromatic carbocycles. The van der Waals surface area contributed by atoms with Crippen LogP contribution in [0.1, 0.15) is 32.3 Å². The molecule has 0 unspecified atom stereocenters. The number of oxime groups is 1. The lowest BCUT2D eigenvalue weighted by Crippen LogP contribution is -2.44. The lowest BCUT2D eigenvalue weighted by Gasteiger charge is -2.25. The summed E-state index contributed by atoms with van der Waals surface area (Å²) in [6.07, 6.45) is 1.15. The van der Waals surface area contributed by atoms with Crippen LogP contribution < -0.4 is 9.03 Å². The van der Waals surface area contributed by atoms with E-state index in [-0.39, 0.29) is 6.04 Å². The number of nitrogens with zero attached hydrogens (tertiary/aromatic N) is 2. The first-order valence-corrected chi connectivity index (χ1v) is 8.00. The first kappa shape index (κ1) is 14.8. The molecule has 0 bridgehead atoms. The Morgan fingerprint density at radius 3 is 2.70 bits per heavy atom. The summed E-state index contributed by atoms with van der Waals surface area (Å²) in [5.74, 6) is 0. The van der Waals surface area contributed by atoms with Crippen molar-refractivity contribution in [1.29, 1.82) is 0 Å². The number of para-hydroxylation sites is 1. The molecule has 0 spiro atoms. The average molecular weight is 297 g/mol. The van der Waals surface area contributed by atoms with Crippen molar-refractivity contribution in [3.63, 3.8) is 0 Å². The van der Waals surface area contributed by atoms with Crippen LogP contribution in [-0.2, 0) is 10.2 Å². The maximum Gasteiger partial charge on any atom is 0.301 e. The number of hydrogen-bond donors (Lipinski definition) is 2. The van der Waals surface area contributed by atoms with Gasteiger partial charge in [-0.1, -0.05) is 23.4 Å². The standard InChI is InChI=1S/C13H19N3O3S/c1-10(2)15-20(18,19)16-9-5-7-12(14-17)11-6-3-4-8-13(11)16/h3-4,6,8,10,15,17H,5,7,9H2,1-2H3/b14-12-. The molecule has 0 radical (unpaired) electrons. The number of benzene rings is 1. The second kappa shape index (κ2) is 5.80. The van der Waals surface area contributed by atoms with Crippen molar-refractivity contribution in [2.45, 2.75) is 32.7 Å². The SMILES string of the molecule is CC(C)NS(=O)(=O)N1CCC/C(=N/O)c2ccccc21. The lowest BCUT2D eigenvalue weighted by molar-refractivity contribution is 0.318. The number of nitrogens with one attached hydrogen (secondary N) is 1. The molecule has 1 aliphatic heterocycles. The van der Waals surface area contributed by atoms with E-state index in [1.807, 2.05) is 0 Å². The van der Waals surface area contributed by atoms with Gasteiger partial charge >= 0.3 is 10.2 Å². The van der Waals surface area contributed by atoms with E-state index in [0.29, 0.717) is 36.3 Å². The lowest BCUT2D eigenvalue weighted by atomic mass is 10.1. The minimum Gasteiger partial charge on any atom is -0.411 e. The highest BCUT2D eigenvalue weighted by Gasteiger charge is 2.28. The summed E-state index contributed by atoms with van der Waals surface area (Å²) in [5, 5.41) is 12.4. The molecule has 1 heterocycles. The highest BCUT2D eigenvalue weighted by molar-refractivity contribution is 7.90. The third-order valence-corrected chi connectivity index (χ3v) is 4.78. The molecule has 0 fully saturated rings. The molecule has 2 N–H and O–H groups in total. The van der Waals surface area contributed by atoms with Crippen molar-refractivity contribution in [2.24, 2.45) is 5.16 Å². The van der Waals surface area contributed by atoms with E-state index in [4.69, 9.17) is 5.21 Å². The maximum atomic E-state index is 12.4. The van der Waals surface area contributed by atoms with Gasteiger partial charge in [0.25, 0.3) is 0 Å². The number of anilines is 1.